The minimum Gasteiger partial charge on any atom is -0.375 e. The molecule has 0 aromatic heterocycles. The Balaban J connectivity index is 2.68. The first-order valence-corrected chi connectivity index (χ1v) is 6.77. The fourth-order valence-electron chi connectivity index (χ4n) is 2.78. The summed E-state index contributed by atoms with van der Waals surface area (Å²) in [7, 11) is 1.57. The number of carbonyl (C=O) groups is 1. The zero-order valence-corrected chi connectivity index (χ0v) is 12.4. The van der Waals surface area contributed by atoms with Gasteiger partial charge in [-0.2, -0.15) is 0 Å². The first kappa shape index (κ1) is 15.2. The molecule has 2 unspecified atom stereocenters. The van der Waals surface area contributed by atoms with Crippen LogP contribution < -0.4 is 0 Å². The highest BCUT2D eigenvalue weighted by molar-refractivity contribution is 5.77. The molecule has 0 spiro atoms. The highest BCUT2D eigenvalue weighted by Gasteiger charge is 2.35. The van der Waals surface area contributed by atoms with Crippen LogP contribution in [-0.4, -0.2) is 37.6 Å². The average Bonchev–Trinajstić information content (AvgIpc) is 2.60. The summed E-state index contributed by atoms with van der Waals surface area (Å²) in [6, 6.07) is 0. The zero-order chi connectivity index (χ0) is 13.8. The SMILES string of the molecule is C/C=C\C1CN(C(=O)COC)CC1CC(C)(C)C. The molecule has 18 heavy (non-hydrogen) atoms. The van der Waals surface area contributed by atoms with Gasteiger partial charge in [0.25, 0.3) is 0 Å². The second kappa shape index (κ2) is 6.37. The molecule has 1 rings (SSSR count). The van der Waals surface area contributed by atoms with Gasteiger partial charge in [0.15, 0.2) is 0 Å². The number of allylic oxidation sites excluding steroid dienone is 1. The van der Waals surface area contributed by atoms with Gasteiger partial charge in [0.1, 0.15) is 6.61 Å². The smallest absolute Gasteiger partial charge is 0.248 e. The molecule has 0 bridgehead atoms. The van der Waals surface area contributed by atoms with Crippen molar-refractivity contribution in [2.24, 2.45) is 17.3 Å². The molecule has 1 amide bonds. The van der Waals surface area contributed by atoms with Crippen LogP contribution in [0.3, 0.4) is 0 Å². The van der Waals surface area contributed by atoms with Crippen molar-refractivity contribution in [3.63, 3.8) is 0 Å². The summed E-state index contributed by atoms with van der Waals surface area (Å²) in [6.07, 6.45) is 5.50. The van der Waals surface area contributed by atoms with Gasteiger partial charge in [-0.05, 0) is 30.6 Å². The molecule has 0 aromatic rings. The van der Waals surface area contributed by atoms with Gasteiger partial charge >= 0.3 is 0 Å². The van der Waals surface area contributed by atoms with Crippen LogP contribution in [0.2, 0.25) is 0 Å². The third-order valence-electron chi connectivity index (χ3n) is 3.43. The Morgan fingerprint density at radius 1 is 1.39 bits per heavy atom. The van der Waals surface area contributed by atoms with Crippen molar-refractivity contribution in [2.45, 2.75) is 34.1 Å². The quantitative estimate of drug-likeness (QED) is 0.721. The Kier molecular flexibility index (Phi) is 5.39. The predicted molar refractivity (Wildman–Crippen MR) is 74.3 cm³/mol. The number of methoxy groups -OCH3 is 1. The number of ether oxygens (including phenoxy) is 1. The van der Waals surface area contributed by atoms with Gasteiger partial charge in [0, 0.05) is 20.2 Å². The van der Waals surface area contributed by atoms with Crippen molar-refractivity contribution >= 4 is 5.91 Å². The van der Waals surface area contributed by atoms with Gasteiger partial charge in [-0.3, -0.25) is 4.79 Å². The van der Waals surface area contributed by atoms with Gasteiger partial charge in [-0.25, -0.2) is 0 Å². The second-order valence-electron chi connectivity index (χ2n) is 6.45. The Bertz CT molecular complexity index is 304. The standard InChI is InChI=1S/C15H27NO2/c1-6-7-12-9-16(14(17)11-18-5)10-13(12)8-15(2,3)4/h6-7,12-13H,8-11H2,1-5H3/b7-6-. The van der Waals surface area contributed by atoms with Crippen molar-refractivity contribution in [3.8, 4) is 0 Å². The van der Waals surface area contributed by atoms with E-state index in [9.17, 15) is 4.79 Å². The van der Waals surface area contributed by atoms with E-state index < -0.39 is 0 Å². The molecule has 1 fully saturated rings. The summed E-state index contributed by atoms with van der Waals surface area (Å²) in [6.45, 7) is 10.7. The number of amides is 1. The first-order chi connectivity index (χ1) is 8.37. The van der Waals surface area contributed by atoms with E-state index in [4.69, 9.17) is 4.74 Å². The minimum absolute atomic E-state index is 0.114. The fraction of sp³-hybridized carbons (Fsp3) is 0.800. The van der Waals surface area contributed by atoms with Crippen molar-refractivity contribution in [1.29, 1.82) is 0 Å². The predicted octanol–water partition coefficient (Wildman–Crippen LogP) is 2.72. The minimum atomic E-state index is 0.114. The summed E-state index contributed by atoms with van der Waals surface area (Å²) < 4.78 is 4.94. The summed E-state index contributed by atoms with van der Waals surface area (Å²) in [5, 5.41) is 0. The molecule has 0 N–H and O–H groups in total. The highest BCUT2D eigenvalue weighted by atomic mass is 16.5. The topological polar surface area (TPSA) is 29.5 Å². The van der Waals surface area contributed by atoms with Crippen LogP contribution in [0.25, 0.3) is 0 Å². The Hall–Kier alpha value is -0.830. The van der Waals surface area contributed by atoms with E-state index in [1.807, 2.05) is 11.8 Å². The summed E-state index contributed by atoms with van der Waals surface area (Å²) in [4.78, 5) is 13.8. The van der Waals surface area contributed by atoms with Gasteiger partial charge in [0.2, 0.25) is 5.91 Å². The normalized spacial score (nSPS) is 25.1. The molecule has 0 saturated carbocycles. The summed E-state index contributed by atoms with van der Waals surface area (Å²) in [5.41, 5.74) is 0.310. The van der Waals surface area contributed by atoms with Gasteiger partial charge < -0.3 is 9.64 Å². The Morgan fingerprint density at radius 3 is 2.56 bits per heavy atom. The number of hydrogen-bond donors (Lipinski definition) is 0. The van der Waals surface area contributed by atoms with E-state index in [0.29, 0.717) is 17.3 Å². The Labute approximate surface area is 111 Å². The monoisotopic (exact) mass is 253 g/mol. The van der Waals surface area contributed by atoms with E-state index in [0.717, 1.165) is 19.5 Å². The van der Waals surface area contributed by atoms with Crippen molar-refractivity contribution < 1.29 is 9.53 Å². The fourth-order valence-corrected chi connectivity index (χ4v) is 2.78. The third kappa shape index (κ3) is 4.45. The van der Waals surface area contributed by atoms with Gasteiger partial charge in [0.05, 0.1) is 0 Å². The largest absolute Gasteiger partial charge is 0.375 e. The van der Waals surface area contributed by atoms with Crippen LogP contribution in [0, 0.1) is 17.3 Å². The molecule has 2 atom stereocenters. The van der Waals surface area contributed by atoms with Crippen LogP contribution in [-0.2, 0) is 9.53 Å². The number of hydrogen-bond acceptors (Lipinski definition) is 2. The number of likely N-dealkylation sites (tertiary alicyclic amines) is 1. The number of nitrogens with zero attached hydrogens (tertiary/aromatic N) is 1. The lowest BCUT2D eigenvalue weighted by molar-refractivity contribution is -0.134. The molecule has 1 saturated heterocycles. The molecule has 104 valence electrons. The highest BCUT2D eigenvalue weighted by Crippen LogP contribution is 2.34. The van der Waals surface area contributed by atoms with E-state index in [-0.39, 0.29) is 12.5 Å². The molecule has 3 nitrogen and oxygen atoms in total. The molecule has 0 aromatic carbocycles. The summed E-state index contributed by atoms with van der Waals surface area (Å²) >= 11 is 0. The summed E-state index contributed by atoms with van der Waals surface area (Å²) in [5.74, 6) is 1.18. The molecule has 0 aliphatic carbocycles. The van der Waals surface area contributed by atoms with E-state index in [2.05, 4.69) is 32.9 Å². The maximum Gasteiger partial charge on any atom is 0.248 e. The van der Waals surface area contributed by atoms with E-state index in [1.165, 1.54) is 0 Å². The first-order valence-electron chi connectivity index (χ1n) is 6.77. The number of carbonyl (C=O) groups excluding carboxylic acids is 1. The van der Waals surface area contributed by atoms with Crippen molar-refractivity contribution in [3.05, 3.63) is 12.2 Å². The van der Waals surface area contributed by atoms with Gasteiger partial charge in [-0.1, -0.05) is 32.9 Å². The average molecular weight is 253 g/mol. The maximum atomic E-state index is 11.9. The second-order valence-corrected chi connectivity index (χ2v) is 6.45. The lowest BCUT2D eigenvalue weighted by atomic mass is 9.80. The Morgan fingerprint density at radius 2 is 2.06 bits per heavy atom. The molecule has 0 radical (unpaired) electrons. The van der Waals surface area contributed by atoms with Crippen molar-refractivity contribution in [2.75, 3.05) is 26.8 Å². The lowest BCUT2D eigenvalue weighted by Gasteiger charge is -2.25. The van der Waals surface area contributed by atoms with Crippen LogP contribution in [0.4, 0.5) is 0 Å². The van der Waals surface area contributed by atoms with Crippen LogP contribution in [0.5, 0.6) is 0 Å². The molecule has 3 heteroatoms. The van der Waals surface area contributed by atoms with Crippen LogP contribution in [0.1, 0.15) is 34.1 Å². The molecular weight excluding hydrogens is 226 g/mol. The van der Waals surface area contributed by atoms with E-state index >= 15 is 0 Å². The third-order valence-corrected chi connectivity index (χ3v) is 3.43. The lowest BCUT2D eigenvalue weighted by Crippen LogP contribution is -2.32. The zero-order valence-electron chi connectivity index (χ0n) is 12.4. The molecule has 1 aliphatic rings. The van der Waals surface area contributed by atoms with Crippen LogP contribution >= 0.6 is 0 Å². The van der Waals surface area contributed by atoms with E-state index in [1.54, 1.807) is 7.11 Å². The maximum absolute atomic E-state index is 11.9. The number of rotatable bonds is 4. The molecule has 1 heterocycles. The van der Waals surface area contributed by atoms with Gasteiger partial charge in [-0.15, -0.1) is 0 Å². The van der Waals surface area contributed by atoms with Crippen molar-refractivity contribution in [1.82, 2.24) is 4.90 Å². The van der Waals surface area contributed by atoms with Crippen LogP contribution in [0.15, 0.2) is 12.2 Å². The molecular formula is C15H27NO2. The molecule has 1 aliphatic heterocycles.